The maximum atomic E-state index is 12.9. The van der Waals surface area contributed by atoms with E-state index in [2.05, 4.69) is 30.8 Å². The van der Waals surface area contributed by atoms with Crippen molar-refractivity contribution in [3.05, 3.63) is 102 Å². The molecule has 0 saturated carbocycles. The first-order valence-corrected chi connectivity index (χ1v) is 12.1. The molecule has 0 bridgehead atoms. The van der Waals surface area contributed by atoms with Crippen molar-refractivity contribution in [3.8, 4) is 0 Å². The maximum Gasteiger partial charge on any atom is 0.261 e. The Morgan fingerprint density at radius 3 is 2.09 bits per heavy atom. The van der Waals surface area contributed by atoms with Crippen molar-refractivity contribution in [1.29, 1.82) is 0 Å². The van der Waals surface area contributed by atoms with E-state index in [1.807, 2.05) is 36.4 Å². The van der Waals surface area contributed by atoms with Gasteiger partial charge < -0.3 is 5.32 Å². The summed E-state index contributed by atoms with van der Waals surface area (Å²) >= 11 is 0. The molecule has 0 heterocycles. The quantitative estimate of drug-likeness (QED) is 0.374. The number of rotatable bonds is 5. The van der Waals surface area contributed by atoms with Crippen LogP contribution in [0.1, 0.15) is 36.7 Å². The highest BCUT2D eigenvalue weighted by Crippen LogP contribution is 2.24. The molecule has 0 saturated heterocycles. The van der Waals surface area contributed by atoms with Gasteiger partial charge in [-0.15, -0.1) is 0 Å². The van der Waals surface area contributed by atoms with Crippen molar-refractivity contribution in [2.75, 3.05) is 10.0 Å². The summed E-state index contributed by atoms with van der Waals surface area (Å²) in [4.78, 5) is 12.8. The fourth-order valence-corrected chi connectivity index (χ4v) is 4.62. The van der Waals surface area contributed by atoms with Gasteiger partial charge in [-0.25, -0.2) is 8.42 Å². The highest BCUT2D eigenvalue weighted by atomic mass is 32.2. The summed E-state index contributed by atoms with van der Waals surface area (Å²) in [6, 6.07) is 26.7. The van der Waals surface area contributed by atoms with Crippen LogP contribution in [0.2, 0.25) is 0 Å². The predicted octanol–water partition coefficient (Wildman–Crippen LogP) is 6.19. The zero-order chi connectivity index (χ0) is 23.6. The molecule has 0 atom stereocenters. The maximum absolute atomic E-state index is 12.9. The number of anilines is 2. The minimum atomic E-state index is -3.78. The van der Waals surface area contributed by atoms with Crippen LogP contribution >= 0.6 is 0 Å². The Kier molecular flexibility index (Phi) is 5.95. The molecule has 4 aromatic rings. The van der Waals surface area contributed by atoms with Gasteiger partial charge in [-0.3, -0.25) is 9.52 Å². The van der Waals surface area contributed by atoms with E-state index in [9.17, 15) is 13.2 Å². The minimum absolute atomic E-state index is 0.00550. The predicted molar refractivity (Wildman–Crippen MR) is 134 cm³/mol. The number of sulfonamides is 1. The van der Waals surface area contributed by atoms with Gasteiger partial charge in [0.2, 0.25) is 0 Å². The zero-order valence-corrected chi connectivity index (χ0v) is 19.6. The van der Waals surface area contributed by atoms with Crippen LogP contribution in [0.4, 0.5) is 11.4 Å². The number of amides is 1. The van der Waals surface area contributed by atoms with Crippen molar-refractivity contribution in [3.63, 3.8) is 0 Å². The lowest BCUT2D eigenvalue weighted by atomic mass is 9.87. The summed E-state index contributed by atoms with van der Waals surface area (Å²) in [5.41, 5.74) is 2.54. The molecule has 0 aromatic heterocycles. The van der Waals surface area contributed by atoms with Crippen LogP contribution in [0.5, 0.6) is 0 Å². The second kappa shape index (κ2) is 8.71. The molecule has 5 nitrogen and oxygen atoms in total. The van der Waals surface area contributed by atoms with Crippen molar-refractivity contribution in [2.45, 2.75) is 31.1 Å². The lowest BCUT2D eigenvalue weighted by Gasteiger charge is -2.19. The molecule has 0 unspecified atom stereocenters. The van der Waals surface area contributed by atoms with Crippen LogP contribution in [0.15, 0.2) is 95.9 Å². The molecule has 1 amide bonds. The second-order valence-electron chi connectivity index (χ2n) is 8.98. The van der Waals surface area contributed by atoms with Gasteiger partial charge in [0.05, 0.1) is 10.6 Å². The van der Waals surface area contributed by atoms with Crippen LogP contribution in [0.3, 0.4) is 0 Å². The molecule has 0 aliphatic carbocycles. The normalized spacial score (nSPS) is 11.8. The molecular weight excluding hydrogens is 432 g/mol. The SMILES string of the molecule is CC(C)(C)c1ccc(C(=O)Nc2cccc(NS(=O)(=O)c3ccc4ccccc4c3)c2)cc1. The Bertz CT molecular complexity index is 1420. The number of carbonyl (C=O) groups excluding carboxylic acids is 1. The van der Waals surface area contributed by atoms with Crippen molar-refractivity contribution in [1.82, 2.24) is 0 Å². The van der Waals surface area contributed by atoms with Gasteiger partial charge in [0.1, 0.15) is 0 Å². The van der Waals surface area contributed by atoms with Gasteiger partial charge in [0.15, 0.2) is 0 Å². The standard InChI is InChI=1S/C27H26N2O3S/c1-27(2,3)22-14-11-20(12-15-22)26(30)28-23-9-6-10-24(18-23)29-33(31,32)25-16-13-19-7-4-5-8-21(19)17-25/h4-18,29H,1-3H3,(H,28,30). The molecule has 4 rings (SSSR count). The van der Waals surface area contributed by atoms with Gasteiger partial charge in [0.25, 0.3) is 15.9 Å². The Morgan fingerprint density at radius 1 is 0.727 bits per heavy atom. The summed E-state index contributed by atoms with van der Waals surface area (Å²) in [6.07, 6.45) is 0. The number of fused-ring (bicyclic) bond motifs is 1. The molecule has 0 radical (unpaired) electrons. The highest BCUT2D eigenvalue weighted by molar-refractivity contribution is 7.92. The summed E-state index contributed by atoms with van der Waals surface area (Å²) in [5.74, 6) is -0.259. The van der Waals surface area contributed by atoms with E-state index in [0.717, 1.165) is 16.3 Å². The number of hydrogen-bond donors (Lipinski definition) is 2. The second-order valence-corrected chi connectivity index (χ2v) is 10.7. The van der Waals surface area contributed by atoms with Gasteiger partial charge >= 0.3 is 0 Å². The van der Waals surface area contributed by atoms with Crippen molar-refractivity contribution >= 4 is 38.1 Å². The van der Waals surface area contributed by atoms with E-state index in [0.29, 0.717) is 16.9 Å². The Morgan fingerprint density at radius 2 is 1.39 bits per heavy atom. The first-order chi connectivity index (χ1) is 15.6. The number of nitrogens with one attached hydrogen (secondary N) is 2. The van der Waals surface area contributed by atoms with Gasteiger partial charge in [-0.1, -0.05) is 69.3 Å². The summed E-state index contributed by atoms with van der Waals surface area (Å²) in [5, 5.41) is 4.65. The number of benzene rings is 4. The Labute approximate surface area is 194 Å². The van der Waals surface area contributed by atoms with E-state index in [4.69, 9.17) is 0 Å². The van der Waals surface area contributed by atoms with E-state index in [1.165, 1.54) is 0 Å². The topological polar surface area (TPSA) is 75.3 Å². The van der Waals surface area contributed by atoms with Crippen molar-refractivity contribution in [2.24, 2.45) is 0 Å². The fourth-order valence-electron chi connectivity index (χ4n) is 3.53. The summed E-state index contributed by atoms with van der Waals surface area (Å²) in [7, 11) is -3.78. The lowest BCUT2D eigenvalue weighted by molar-refractivity contribution is 0.102. The van der Waals surface area contributed by atoms with Crippen LogP contribution in [-0.4, -0.2) is 14.3 Å². The number of hydrogen-bond acceptors (Lipinski definition) is 3. The third kappa shape index (κ3) is 5.23. The summed E-state index contributed by atoms with van der Waals surface area (Å²) in [6.45, 7) is 6.35. The lowest BCUT2D eigenvalue weighted by Crippen LogP contribution is -2.15. The molecule has 0 fully saturated rings. The first-order valence-electron chi connectivity index (χ1n) is 10.7. The molecule has 0 aliphatic rings. The van der Waals surface area contributed by atoms with Crippen LogP contribution < -0.4 is 10.0 Å². The molecule has 6 heteroatoms. The van der Waals surface area contributed by atoms with Crippen LogP contribution in [-0.2, 0) is 15.4 Å². The molecule has 4 aromatic carbocycles. The van der Waals surface area contributed by atoms with Gasteiger partial charge in [0, 0.05) is 11.3 Å². The van der Waals surface area contributed by atoms with Crippen molar-refractivity contribution < 1.29 is 13.2 Å². The molecule has 33 heavy (non-hydrogen) atoms. The monoisotopic (exact) mass is 458 g/mol. The molecular formula is C27H26N2O3S. The largest absolute Gasteiger partial charge is 0.322 e. The molecule has 2 N–H and O–H groups in total. The smallest absolute Gasteiger partial charge is 0.261 e. The molecule has 0 aliphatic heterocycles. The van der Waals surface area contributed by atoms with E-state index in [-0.39, 0.29) is 16.2 Å². The van der Waals surface area contributed by atoms with Crippen LogP contribution in [0.25, 0.3) is 10.8 Å². The highest BCUT2D eigenvalue weighted by Gasteiger charge is 2.16. The van der Waals surface area contributed by atoms with E-state index < -0.39 is 10.0 Å². The average Bonchev–Trinajstić information content (AvgIpc) is 2.78. The third-order valence-electron chi connectivity index (χ3n) is 5.42. The molecule has 0 spiro atoms. The minimum Gasteiger partial charge on any atom is -0.322 e. The summed E-state index contributed by atoms with van der Waals surface area (Å²) < 4.78 is 28.4. The Balaban J connectivity index is 1.50. The van der Waals surface area contributed by atoms with Gasteiger partial charge in [-0.05, 0) is 64.2 Å². The Hall–Kier alpha value is -3.64. The van der Waals surface area contributed by atoms with Crippen LogP contribution in [0, 0.1) is 0 Å². The zero-order valence-electron chi connectivity index (χ0n) is 18.8. The van der Waals surface area contributed by atoms with E-state index in [1.54, 1.807) is 54.6 Å². The van der Waals surface area contributed by atoms with E-state index >= 15 is 0 Å². The first kappa shape index (κ1) is 22.6. The van der Waals surface area contributed by atoms with Gasteiger partial charge in [-0.2, -0.15) is 0 Å². The fraction of sp³-hybridized carbons (Fsp3) is 0.148. The third-order valence-corrected chi connectivity index (χ3v) is 6.80. The molecule has 168 valence electrons. The number of carbonyl (C=O) groups is 1. The average molecular weight is 459 g/mol.